The van der Waals surface area contributed by atoms with Gasteiger partial charge in [-0.15, -0.1) is 0 Å². The molecule has 0 fully saturated rings. The molecule has 0 amide bonds. The minimum Gasteiger partial charge on any atom is -0.256 e. The molecule has 2 aromatic rings. The van der Waals surface area contributed by atoms with Crippen molar-refractivity contribution in [3.05, 3.63) is 64.7 Å². The molecule has 0 spiro atoms. The summed E-state index contributed by atoms with van der Waals surface area (Å²) in [6.07, 6.45) is -3.20. The molecule has 0 radical (unpaired) electrons. The first-order valence-electron chi connectivity index (χ1n) is 5.43. The summed E-state index contributed by atoms with van der Waals surface area (Å²) in [5.41, 5.74) is -0.180. The molecule has 0 atom stereocenters. The van der Waals surface area contributed by atoms with Crippen molar-refractivity contribution in [1.29, 1.82) is 0 Å². The van der Waals surface area contributed by atoms with Crippen LogP contribution in [0.4, 0.5) is 18.9 Å². The third kappa shape index (κ3) is 3.58. The average Bonchev–Trinajstić information content (AvgIpc) is 2.36. The number of benzene rings is 2. The van der Waals surface area contributed by atoms with E-state index in [1.165, 1.54) is 24.4 Å². The van der Waals surface area contributed by atoms with E-state index in [1.807, 2.05) is 0 Å². The van der Waals surface area contributed by atoms with Crippen LogP contribution < -0.4 is 0 Å². The van der Waals surface area contributed by atoms with E-state index in [0.717, 1.165) is 6.07 Å². The molecule has 98 valence electrons. The maximum atomic E-state index is 12.8. The van der Waals surface area contributed by atoms with Gasteiger partial charge in [-0.05, 0) is 24.3 Å². The molecule has 1 nitrogen and oxygen atoms in total. The Balaban J connectivity index is 2.34. The fourth-order valence-electron chi connectivity index (χ4n) is 1.57. The van der Waals surface area contributed by atoms with Gasteiger partial charge in [0, 0.05) is 16.8 Å². The molecule has 0 heterocycles. The Hall–Kier alpha value is -1.81. The first kappa shape index (κ1) is 13.6. The molecule has 0 aliphatic carbocycles. The van der Waals surface area contributed by atoms with Crippen LogP contribution in [-0.4, -0.2) is 6.21 Å². The second-order valence-corrected chi connectivity index (χ2v) is 4.26. The molecule has 2 aromatic carbocycles. The second-order valence-electron chi connectivity index (χ2n) is 3.82. The lowest BCUT2D eigenvalue weighted by molar-refractivity contribution is -0.137. The lowest BCUT2D eigenvalue weighted by Gasteiger charge is -2.09. The number of hydrogen-bond donors (Lipinski definition) is 0. The van der Waals surface area contributed by atoms with Crippen LogP contribution in [0.3, 0.4) is 0 Å². The van der Waals surface area contributed by atoms with Crippen molar-refractivity contribution in [2.75, 3.05) is 0 Å². The summed E-state index contributed by atoms with van der Waals surface area (Å²) in [5.74, 6) is 0. The molecule has 0 N–H and O–H groups in total. The van der Waals surface area contributed by atoms with Crippen LogP contribution in [0.5, 0.6) is 0 Å². The Morgan fingerprint density at radius 3 is 2.42 bits per heavy atom. The van der Waals surface area contributed by atoms with Crippen molar-refractivity contribution in [2.24, 2.45) is 4.99 Å². The lowest BCUT2D eigenvalue weighted by Crippen LogP contribution is -2.08. The highest BCUT2D eigenvalue weighted by Crippen LogP contribution is 2.31. The van der Waals surface area contributed by atoms with Gasteiger partial charge in [-0.3, -0.25) is 4.99 Å². The quantitative estimate of drug-likeness (QED) is 0.679. The van der Waals surface area contributed by atoms with Crippen LogP contribution in [0.15, 0.2) is 53.5 Å². The number of nitrogens with zero attached hydrogens (tertiary/aromatic N) is 1. The van der Waals surface area contributed by atoms with Gasteiger partial charge >= 0.3 is 6.18 Å². The maximum absolute atomic E-state index is 12.8. The topological polar surface area (TPSA) is 12.4 Å². The van der Waals surface area contributed by atoms with Crippen LogP contribution in [0, 0.1) is 0 Å². The van der Waals surface area contributed by atoms with Crippen LogP contribution in [0.1, 0.15) is 11.1 Å². The molecule has 0 bridgehead atoms. The Labute approximate surface area is 113 Å². The Kier molecular flexibility index (Phi) is 3.90. The molecule has 0 saturated carbocycles. The third-order valence-electron chi connectivity index (χ3n) is 2.43. The Bertz CT molecular complexity index is 606. The van der Waals surface area contributed by atoms with Gasteiger partial charge in [0.05, 0.1) is 11.3 Å². The van der Waals surface area contributed by atoms with E-state index < -0.39 is 11.7 Å². The number of halogens is 4. The fourth-order valence-corrected chi connectivity index (χ4v) is 1.75. The summed E-state index contributed by atoms with van der Waals surface area (Å²) in [6.45, 7) is 0. The molecule has 2 rings (SSSR count). The van der Waals surface area contributed by atoms with Gasteiger partial charge in [0.1, 0.15) is 0 Å². The summed E-state index contributed by atoms with van der Waals surface area (Å²) >= 11 is 5.78. The third-order valence-corrected chi connectivity index (χ3v) is 2.66. The number of rotatable bonds is 2. The van der Waals surface area contributed by atoms with Gasteiger partial charge in [0.15, 0.2) is 0 Å². The number of aliphatic imine (C=N–C) groups is 1. The Morgan fingerprint density at radius 1 is 1.00 bits per heavy atom. The van der Waals surface area contributed by atoms with E-state index >= 15 is 0 Å². The summed E-state index contributed by atoms with van der Waals surface area (Å²) in [5, 5.41) is 0.485. The van der Waals surface area contributed by atoms with E-state index in [2.05, 4.69) is 4.99 Å². The monoisotopic (exact) mass is 283 g/mol. The molecule has 0 aromatic heterocycles. The summed E-state index contributed by atoms with van der Waals surface area (Å²) in [4.78, 5) is 4.00. The van der Waals surface area contributed by atoms with E-state index in [1.54, 1.807) is 24.3 Å². The lowest BCUT2D eigenvalue weighted by atomic mass is 10.1. The highest BCUT2D eigenvalue weighted by Gasteiger charge is 2.32. The highest BCUT2D eigenvalue weighted by atomic mass is 35.5. The van der Waals surface area contributed by atoms with E-state index in [4.69, 9.17) is 11.6 Å². The van der Waals surface area contributed by atoms with Gasteiger partial charge in [-0.25, -0.2) is 0 Å². The first-order chi connectivity index (χ1) is 8.97. The van der Waals surface area contributed by atoms with Crippen LogP contribution >= 0.6 is 11.6 Å². The molecular formula is C14H9ClF3N. The van der Waals surface area contributed by atoms with Gasteiger partial charge < -0.3 is 0 Å². The van der Waals surface area contributed by atoms with Crippen LogP contribution in [-0.2, 0) is 6.18 Å². The summed E-state index contributed by atoms with van der Waals surface area (Å²) in [7, 11) is 0. The number of hydrogen-bond acceptors (Lipinski definition) is 1. The van der Waals surface area contributed by atoms with Gasteiger partial charge in [-0.1, -0.05) is 35.9 Å². The minimum atomic E-state index is -4.39. The zero-order valence-electron chi connectivity index (χ0n) is 9.66. The van der Waals surface area contributed by atoms with Crippen LogP contribution in [0.25, 0.3) is 0 Å². The summed E-state index contributed by atoms with van der Waals surface area (Å²) in [6, 6.07) is 11.9. The fraction of sp³-hybridized carbons (Fsp3) is 0.0714. The van der Waals surface area contributed by atoms with E-state index in [-0.39, 0.29) is 5.56 Å². The average molecular weight is 284 g/mol. The molecular weight excluding hydrogens is 275 g/mol. The predicted molar refractivity (Wildman–Crippen MR) is 70.2 cm³/mol. The van der Waals surface area contributed by atoms with Crippen LogP contribution in [0.2, 0.25) is 5.02 Å². The van der Waals surface area contributed by atoms with E-state index in [0.29, 0.717) is 10.7 Å². The van der Waals surface area contributed by atoms with Crippen molar-refractivity contribution < 1.29 is 13.2 Å². The van der Waals surface area contributed by atoms with E-state index in [9.17, 15) is 13.2 Å². The predicted octanol–water partition coefficient (Wildman–Crippen LogP) is 5.11. The normalized spacial score (nSPS) is 12.0. The SMILES string of the molecule is FC(F)(F)c1ccccc1C=Nc1cccc(Cl)c1. The molecule has 0 saturated heterocycles. The smallest absolute Gasteiger partial charge is 0.256 e. The molecule has 5 heteroatoms. The molecule has 19 heavy (non-hydrogen) atoms. The standard InChI is InChI=1S/C14H9ClF3N/c15-11-5-3-6-12(8-11)19-9-10-4-1-2-7-13(10)14(16,17)18/h1-9H. The largest absolute Gasteiger partial charge is 0.417 e. The Morgan fingerprint density at radius 2 is 1.74 bits per heavy atom. The minimum absolute atomic E-state index is 0.0231. The van der Waals surface area contributed by atoms with Crippen molar-refractivity contribution in [1.82, 2.24) is 0 Å². The van der Waals surface area contributed by atoms with Crippen molar-refractivity contribution >= 4 is 23.5 Å². The maximum Gasteiger partial charge on any atom is 0.417 e. The molecule has 0 aliphatic heterocycles. The zero-order chi connectivity index (χ0) is 13.9. The van der Waals surface area contributed by atoms with Gasteiger partial charge in [0.25, 0.3) is 0 Å². The van der Waals surface area contributed by atoms with Gasteiger partial charge in [0.2, 0.25) is 0 Å². The molecule has 0 unspecified atom stereocenters. The van der Waals surface area contributed by atoms with Crippen molar-refractivity contribution in [2.45, 2.75) is 6.18 Å². The first-order valence-corrected chi connectivity index (χ1v) is 5.80. The molecule has 0 aliphatic rings. The van der Waals surface area contributed by atoms with Crippen molar-refractivity contribution in [3.63, 3.8) is 0 Å². The second kappa shape index (κ2) is 5.45. The number of alkyl halides is 3. The van der Waals surface area contributed by atoms with Gasteiger partial charge in [-0.2, -0.15) is 13.2 Å². The summed E-state index contributed by atoms with van der Waals surface area (Å²) < 4.78 is 38.3. The highest BCUT2D eigenvalue weighted by molar-refractivity contribution is 6.30. The van der Waals surface area contributed by atoms with Crippen molar-refractivity contribution in [3.8, 4) is 0 Å². The zero-order valence-corrected chi connectivity index (χ0v) is 10.4.